The molecule has 20 heavy (non-hydrogen) atoms. The normalized spacial score (nSPS) is 17.9. The van der Waals surface area contributed by atoms with Crippen molar-refractivity contribution < 1.29 is 19.4 Å². The summed E-state index contributed by atoms with van der Waals surface area (Å²) in [6, 6.07) is 4.44. The Morgan fingerprint density at radius 2 is 2.20 bits per heavy atom. The van der Waals surface area contributed by atoms with Gasteiger partial charge in [0.2, 0.25) is 0 Å². The number of carbonyl (C=O) groups is 2. The molecule has 2 rings (SSSR count). The lowest BCUT2D eigenvalue weighted by Gasteiger charge is -2.23. The Balaban J connectivity index is 2.10. The number of amides is 1. The zero-order valence-electron chi connectivity index (χ0n) is 11.4. The third kappa shape index (κ3) is 3.33. The number of likely N-dealkylation sites (N-methyl/N-ethyl adjacent to an activating group) is 1. The van der Waals surface area contributed by atoms with Crippen LogP contribution in [-0.4, -0.2) is 52.7 Å². The van der Waals surface area contributed by atoms with Gasteiger partial charge in [0.1, 0.15) is 11.4 Å². The number of carbonyl (C=O) groups excluding carboxylic acids is 1. The summed E-state index contributed by atoms with van der Waals surface area (Å²) in [5.41, 5.74) is 0.0359. The van der Waals surface area contributed by atoms with Crippen LogP contribution in [0.2, 0.25) is 0 Å². The van der Waals surface area contributed by atoms with E-state index in [1.54, 1.807) is 4.90 Å². The van der Waals surface area contributed by atoms with Gasteiger partial charge in [-0.15, -0.1) is 0 Å². The predicted molar refractivity (Wildman–Crippen MR) is 71.7 cm³/mol. The van der Waals surface area contributed by atoms with Gasteiger partial charge in [0.25, 0.3) is 5.91 Å². The second-order valence-electron chi connectivity index (χ2n) is 4.69. The number of rotatable bonds is 5. The molecular weight excluding hydrogens is 260 g/mol. The molecule has 1 fully saturated rings. The maximum atomic E-state index is 12.4. The van der Waals surface area contributed by atoms with Crippen molar-refractivity contribution in [3.05, 3.63) is 29.6 Å². The molecule has 1 saturated heterocycles. The molecule has 1 aromatic rings. The second-order valence-corrected chi connectivity index (χ2v) is 4.69. The molecule has 6 heteroatoms. The third-order valence-corrected chi connectivity index (χ3v) is 3.30. The van der Waals surface area contributed by atoms with Crippen LogP contribution in [0.1, 0.15) is 40.7 Å². The Kier molecular flexibility index (Phi) is 4.68. The van der Waals surface area contributed by atoms with Crippen LogP contribution in [0.25, 0.3) is 0 Å². The summed E-state index contributed by atoms with van der Waals surface area (Å²) in [5.74, 6) is -1.40. The summed E-state index contributed by atoms with van der Waals surface area (Å²) in [6.45, 7) is 3.68. The molecule has 1 amide bonds. The molecule has 2 heterocycles. The largest absolute Gasteiger partial charge is 0.477 e. The molecule has 1 aliphatic heterocycles. The quantitative estimate of drug-likeness (QED) is 0.881. The average Bonchev–Trinajstić information content (AvgIpc) is 2.97. The molecule has 6 nitrogen and oxygen atoms in total. The number of pyridine rings is 1. The fourth-order valence-corrected chi connectivity index (χ4v) is 2.22. The van der Waals surface area contributed by atoms with Gasteiger partial charge in [-0.25, -0.2) is 9.78 Å². The minimum absolute atomic E-state index is 0.0709. The highest BCUT2D eigenvalue weighted by molar-refractivity contribution is 5.94. The summed E-state index contributed by atoms with van der Waals surface area (Å²) in [7, 11) is 0. The molecule has 108 valence electrons. The zero-order valence-corrected chi connectivity index (χ0v) is 11.4. The SMILES string of the molecule is CCN(CC1CCCO1)C(=O)c1cccc(C(=O)O)n1. The summed E-state index contributed by atoms with van der Waals surface area (Å²) in [6.07, 6.45) is 2.04. The van der Waals surface area contributed by atoms with Gasteiger partial charge in [-0.3, -0.25) is 4.79 Å². The van der Waals surface area contributed by atoms with Crippen molar-refractivity contribution in [3.63, 3.8) is 0 Å². The molecule has 0 aromatic carbocycles. The highest BCUT2D eigenvalue weighted by Crippen LogP contribution is 2.14. The van der Waals surface area contributed by atoms with Crippen molar-refractivity contribution in [2.45, 2.75) is 25.9 Å². The van der Waals surface area contributed by atoms with E-state index >= 15 is 0 Å². The molecule has 1 aliphatic rings. The van der Waals surface area contributed by atoms with Crippen LogP contribution in [-0.2, 0) is 4.74 Å². The minimum atomic E-state index is -1.14. The first-order valence-corrected chi connectivity index (χ1v) is 6.73. The molecule has 0 spiro atoms. The van der Waals surface area contributed by atoms with E-state index in [1.165, 1.54) is 18.2 Å². The lowest BCUT2D eigenvalue weighted by atomic mass is 10.2. The summed E-state index contributed by atoms with van der Waals surface area (Å²) >= 11 is 0. The first-order chi connectivity index (χ1) is 9.61. The lowest BCUT2D eigenvalue weighted by Crippen LogP contribution is -2.37. The van der Waals surface area contributed by atoms with E-state index in [0.29, 0.717) is 13.1 Å². The first-order valence-electron chi connectivity index (χ1n) is 6.73. The molecule has 0 saturated carbocycles. The summed E-state index contributed by atoms with van der Waals surface area (Å²) in [4.78, 5) is 28.8. The summed E-state index contributed by atoms with van der Waals surface area (Å²) in [5, 5.41) is 8.91. The number of hydrogen-bond donors (Lipinski definition) is 1. The molecule has 1 aromatic heterocycles. The van der Waals surface area contributed by atoms with Crippen LogP contribution in [0.4, 0.5) is 0 Å². The van der Waals surface area contributed by atoms with E-state index in [0.717, 1.165) is 19.4 Å². The number of aromatic nitrogens is 1. The van der Waals surface area contributed by atoms with Crippen LogP contribution in [0.5, 0.6) is 0 Å². The van der Waals surface area contributed by atoms with E-state index in [1.807, 2.05) is 6.92 Å². The van der Waals surface area contributed by atoms with Gasteiger partial charge in [0.15, 0.2) is 0 Å². The van der Waals surface area contributed by atoms with Crippen molar-refractivity contribution >= 4 is 11.9 Å². The maximum absolute atomic E-state index is 12.4. The summed E-state index contributed by atoms with van der Waals surface area (Å²) < 4.78 is 5.52. The number of ether oxygens (including phenoxy) is 1. The number of hydrogen-bond acceptors (Lipinski definition) is 4. The molecule has 1 atom stereocenters. The van der Waals surface area contributed by atoms with Crippen LogP contribution < -0.4 is 0 Å². The Morgan fingerprint density at radius 1 is 1.45 bits per heavy atom. The molecule has 0 radical (unpaired) electrons. The molecule has 1 N–H and O–H groups in total. The van der Waals surface area contributed by atoms with Gasteiger partial charge in [0.05, 0.1) is 6.10 Å². The minimum Gasteiger partial charge on any atom is -0.477 e. The van der Waals surface area contributed by atoms with Crippen molar-refractivity contribution in [2.75, 3.05) is 19.7 Å². The molecule has 0 aliphatic carbocycles. The monoisotopic (exact) mass is 278 g/mol. The van der Waals surface area contributed by atoms with E-state index in [9.17, 15) is 9.59 Å². The van der Waals surface area contributed by atoms with E-state index in [4.69, 9.17) is 9.84 Å². The maximum Gasteiger partial charge on any atom is 0.354 e. The topological polar surface area (TPSA) is 79.7 Å². The number of nitrogens with zero attached hydrogens (tertiary/aromatic N) is 2. The van der Waals surface area contributed by atoms with Gasteiger partial charge in [-0.05, 0) is 31.9 Å². The van der Waals surface area contributed by atoms with Crippen LogP contribution in [0.15, 0.2) is 18.2 Å². The number of aromatic carboxylic acids is 1. The zero-order chi connectivity index (χ0) is 14.5. The second kappa shape index (κ2) is 6.47. The highest BCUT2D eigenvalue weighted by Gasteiger charge is 2.23. The molecular formula is C14H18N2O4. The molecule has 0 bridgehead atoms. The van der Waals surface area contributed by atoms with Crippen molar-refractivity contribution in [1.29, 1.82) is 0 Å². The third-order valence-electron chi connectivity index (χ3n) is 3.30. The average molecular weight is 278 g/mol. The van der Waals surface area contributed by atoms with Crippen LogP contribution in [0.3, 0.4) is 0 Å². The van der Waals surface area contributed by atoms with Gasteiger partial charge < -0.3 is 14.7 Å². The Morgan fingerprint density at radius 3 is 2.80 bits per heavy atom. The van der Waals surface area contributed by atoms with Gasteiger partial charge in [0, 0.05) is 19.7 Å². The fraction of sp³-hybridized carbons (Fsp3) is 0.500. The Labute approximate surface area is 117 Å². The van der Waals surface area contributed by atoms with Crippen LogP contribution >= 0.6 is 0 Å². The highest BCUT2D eigenvalue weighted by atomic mass is 16.5. The van der Waals surface area contributed by atoms with Crippen molar-refractivity contribution in [2.24, 2.45) is 0 Å². The Hall–Kier alpha value is -1.95. The van der Waals surface area contributed by atoms with Gasteiger partial charge in [-0.2, -0.15) is 0 Å². The number of carboxylic acids is 1. The van der Waals surface area contributed by atoms with Gasteiger partial charge in [-0.1, -0.05) is 6.07 Å². The lowest BCUT2D eigenvalue weighted by molar-refractivity contribution is 0.0534. The fourth-order valence-electron chi connectivity index (χ4n) is 2.22. The van der Waals surface area contributed by atoms with Gasteiger partial charge >= 0.3 is 5.97 Å². The first kappa shape index (κ1) is 14.5. The standard InChI is InChI=1S/C14H18N2O4/c1-2-16(9-10-5-4-8-20-10)13(17)11-6-3-7-12(15-11)14(18)19/h3,6-7,10H,2,4-5,8-9H2,1H3,(H,18,19). The number of carboxylic acid groups (broad SMARTS) is 1. The van der Waals surface area contributed by atoms with Crippen molar-refractivity contribution in [3.8, 4) is 0 Å². The van der Waals surface area contributed by atoms with E-state index in [2.05, 4.69) is 4.98 Å². The predicted octanol–water partition coefficient (Wildman–Crippen LogP) is 1.42. The van der Waals surface area contributed by atoms with E-state index in [-0.39, 0.29) is 23.4 Å². The Bertz CT molecular complexity index is 498. The van der Waals surface area contributed by atoms with E-state index < -0.39 is 5.97 Å². The molecule has 1 unspecified atom stereocenters. The smallest absolute Gasteiger partial charge is 0.354 e. The van der Waals surface area contributed by atoms with Crippen LogP contribution in [0, 0.1) is 0 Å². The van der Waals surface area contributed by atoms with Crippen molar-refractivity contribution in [1.82, 2.24) is 9.88 Å².